The molecule has 0 spiro atoms. The van der Waals surface area contributed by atoms with E-state index < -0.39 is 11.9 Å². The summed E-state index contributed by atoms with van der Waals surface area (Å²) in [6.45, 7) is 5.80. The standard InChI is InChI=1S/C21H22F3N5OS/c1-14(30)25-5-6-28-7-9-29(10-8-28)20-16-2-3-18(21(22,23)24)27-19(16)17(12-26-20)15-4-11-31-13-15/h2-4,11-13H,5-10H2,1H3,(H,25,30). The summed E-state index contributed by atoms with van der Waals surface area (Å²) in [7, 11) is 0. The third-order valence-electron chi connectivity index (χ3n) is 5.30. The fourth-order valence-electron chi connectivity index (χ4n) is 3.71. The zero-order valence-corrected chi connectivity index (χ0v) is 17.8. The van der Waals surface area contributed by atoms with Gasteiger partial charge >= 0.3 is 6.18 Å². The molecule has 0 aliphatic carbocycles. The number of amides is 1. The molecule has 6 nitrogen and oxygen atoms in total. The van der Waals surface area contributed by atoms with Crippen LogP contribution >= 0.6 is 11.3 Å². The first kappa shape index (κ1) is 21.5. The van der Waals surface area contributed by atoms with Crippen molar-refractivity contribution in [3.8, 4) is 11.1 Å². The second-order valence-electron chi connectivity index (χ2n) is 7.41. The van der Waals surface area contributed by atoms with Gasteiger partial charge in [-0.25, -0.2) is 9.97 Å². The Morgan fingerprint density at radius 2 is 1.97 bits per heavy atom. The van der Waals surface area contributed by atoms with Crippen LogP contribution in [0, 0.1) is 0 Å². The van der Waals surface area contributed by atoms with Crippen molar-refractivity contribution in [1.29, 1.82) is 0 Å². The summed E-state index contributed by atoms with van der Waals surface area (Å²) in [6, 6.07) is 4.36. The highest BCUT2D eigenvalue weighted by atomic mass is 32.1. The quantitative estimate of drug-likeness (QED) is 0.645. The van der Waals surface area contributed by atoms with Gasteiger partial charge in [0.15, 0.2) is 0 Å². The topological polar surface area (TPSA) is 61.4 Å². The maximum Gasteiger partial charge on any atom is 0.433 e. The van der Waals surface area contributed by atoms with Crippen LogP contribution in [0.5, 0.6) is 0 Å². The summed E-state index contributed by atoms with van der Waals surface area (Å²) < 4.78 is 40.0. The van der Waals surface area contributed by atoms with Crippen molar-refractivity contribution in [3.05, 3.63) is 40.8 Å². The van der Waals surface area contributed by atoms with Crippen LogP contribution < -0.4 is 10.2 Å². The lowest BCUT2D eigenvalue weighted by Gasteiger charge is -2.36. The molecule has 4 rings (SSSR count). The van der Waals surface area contributed by atoms with Crippen LogP contribution in [-0.2, 0) is 11.0 Å². The summed E-state index contributed by atoms with van der Waals surface area (Å²) in [5, 5.41) is 7.16. The highest BCUT2D eigenvalue weighted by Gasteiger charge is 2.33. The number of alkyl halides is 3. The Morgan fingerprint density at radius 3 is 2.61 bits per heavy atom. The van der Waals surface area contributed by atoms with Gasteiger partial charge in [0.05, 0.1) is 5.52 Å². The molecule has 0 aromatic carbocycles. The number of nitrogens with one attached hydrogen (secondary N) is 1. The van der Waals surface area contributed by atoms with E-state index in [4.69, 9.17) is 0 Å². The first-order valence-electron chi connectivity index (χ1n) is 9.94. The highest BCUT2D eigenvalue weighted by Crippen LogP contribution is 2.36. The molecular weight excluding hydrogens is 427 g/mol. The molecule has 1 amide bonds. The molecule has 10 heteroatoms. The van der Waals surface area contributed by atoms with Crippen LogP contribution in [-0.4, -0.2) is 60.0 Å². The Bertz CT molecular complexity index is 1060. The molecule has 1 saturated heterocycles. The Kier molecular flexibility index (Phi) is 6.10. The average molecular weight is 450 g/mol. The van der Waals surface area contributed by atoms with Gasteiger partial charge in [-0.05, 0) is 34.5 Å². The lowest BCUT2D eigenvalue weighted by atomic mass is 10.1. The van der Waals surface area contributed by atoms with Gasteiger partial charge in [0, 0.05) is 63.3 Å². The minimum atomic E-state index is -4.51. The highest BCUT2D eigenvalue weighted by molar-refractivity contribution is 7.08. The maximum atomic E-state index is 13.3. The molecular formula is C21H22F3N5OS. The third-order valence-corrected chi connectivity index (χ3v) is 5.99. The molecule has 3 aromatic heterocycles. The largest absolute Gasteiger partial charge is 0.433 e. The number of nitrogens with zero attached hydrogens (tertiary/aromatic N) is 4. The van der Waals surface area contributed by atoms with Crippen molar-refractivity contribution in [2.75, 3.05) is 44.2 Å². The predicted octanol–water partition coefficient (Wildman–Crippen LogP) is 3.64. The van der Waals surface area contributed by atoms with Crippen molar-refractivity contribution in [1.82, 2.24) is 20.2 Å². The van der Waals surface area contributed by atoms with Crippen LogP contribution in [0.2, 0.25) is 0 Å². The fraction of sp³-hybridized carbons (Fsp3) is 0.381. The SMILES string of the molecule is CC(=O)NCCN1CCN(c2ncc(-c3ccsc3)c3nc(C(F)(F)F)ccc23)CC1. The number of fused-ring (bicyclic) bond motifs is 1. The molecule has 0 radical (unpaired) electrons. The molecule has 1 aliphatic rings. The van der Waals surface area contributed by atoms with Crippen molar-refractivity contribution in [2.45, 2.75) is 13.1 Å². The molecule has 0 bridgehead atoms. The zero-order chi connectivity index (χ0) is 22.0. The fourth-order valence-corrected chi connectivity index (χ4v) is 4.37. The van der Waals surface area contributed by atoms with E-state index in [-0.39, 0.29) is 5.91 Å². The normalized spacial score (nSPS) is 15.4. The molecule has 0 atom stereocenters. The van der Waals surface area contributed by atoms with E-state index >= 15 is 0 Å². The monoisotopic (exact) mass is 449 g/mol. The van der Waals surface area contributed by atoms with Crippen molar-refractivity contribution < 1.29 is 18.0 Å². The lowest BCUT2D eigenvalue weighted by Crippen LogP contribution is -2.48. The Labute approximate surface area is 181 Å². The number of pyridine rings is 2. The lowest BCUT2D eigenvalue weighted by molar-refractivity contribution is -0.141. The molecule has 0 unspecified atom stereocenters. The summed E-state index contributed by atoms with van der Waals surface area (Å²) in [6.07, 6.45) is -2.89. The van der Waals surface area contributed by atoms with Crippen molar-refractivity contribution in [2.24, 2.45) is 0 Å². The number of hydrogen-bond acceptors (Lipinski definition) is 6. The van der Waals surface area contributed by atoms with E-state index in [0.717, 1.165) is 31.3 Å². The van der Waals surface area contributed by atoms with Crippen molar-refractivity contribution >= 4 is 34.0 Å². The minimum Gasteiger partial charge on any atom is -0.355 e. The van der Waals surface area contributed by atoms with Crippen LogP contribution in [0.25, 0.3) is 22.0 Å². The average Bonchev–Trinajstić information content (AvgIpc) is 3.27. The molecule has 1 aliphatic heterocycles. The van der Waals surface area contributed by atoms with Gasteiger partial charge in [0.25, 0.3) is 0 Å². The van der Waals surface area contributed by atoms with Crippen molar-refractivity contribution in [3.63, 3.8) is 0 Å². The first-order chi connectivity index (χ1) is 14.8. The summed E-state index contributed by atoms with van der Waals surface area (Å²) >= 11 is 1.47. The predicted molar refractivity (Wildman–Crippen MR) is 115 cm³/mol. The molecule has 1 fully saturated rings. The smallest absolute Gasteiger partial charge is 0.355 e. The summed E-state index contributed by atoms with van der Waals surface area (Å²) in [5.74, 6) is 0.599. The van der Waals surface area contributed by atoms with E-state index in [9.17, 15) is 18.0 Å². The number of thiophene rings is 1. The Morgan fingerprint density at radius 1 is 1.19 bits per heavy atom. The van der Waals surface area contributed by atoms with Gasteiger partial charge in [-0.15, -0.1) is 0 Å². The van der Waals surface area contributed by atoms with E-state index in [1.165, 1.54) is 24.3 Å². The second kappa shape index (κ2) is 8.80. The maximum absolute atomic E-state index is 13.3. The number of halogens is 3. The Balaban J connectivity index is 1.62. The molecule has 0 saturated carbocycles. The number of carbonyl (C=O) groups is 1. The second-order valence-corrected chi connectivity index (χ2v) is 8.19. The third kappa shape index (κ3) is 4.80. The summed E-state index contributed by atoms with van der Waals surface area (Å²) in [5.41, 5.74) is 0.812. The van der Waals surface area contributed by atoms with Gasteiger partial charge in [0.1, 0.15) is 11.5 Å². The van der Waals surface area contributed by atoms with Gasteiger partial charge in [0.2, 0.25) is 5.91 Å². The van der Waals surface area contributed by atoms with Crippen LogP contribution in [0.4, 0.5) is 19.0 Å². The number of piperazine rings is 1. The van der Waals surface area contributed by atoms with Gasteiger partial charge in [-0.2, -0.15) is 24.5 Å². The number of rotatable bonds is 5. The van der Waals surface area contributed by atoms with Crippen LogP contribution in [0.3, 0.4) is 0 Å². The number of carbonyl (C=O) groups excluding carboxylic acids is 1. The van der Waals surface area contributed by atoms with Crippen LogP contribution in [0.15, 0.2) is 35.2 Å². The Hall–Kier alpha value is -2.72. The number of anilines is 1. The van der Waals surface area contributed by atoms with Gasteiger partial charge < -0.3 is 10.2 Å². The molecule has 164 valence electrons. The molecule has 4 heterocycles. The molecule has 3 aromatic rings. The van der Waals surface area contributed by atoms with Gasteiger partial charge in [-0.3, -0.25) is 9.69 Å². The minimum absolute atomic E-state index is 0.0502. The van der Waals surface area contributed by atoms with E-state index in [2.05, 4.69) is 25.1 Å². The first-order valence-corrected chi connectivity index (χ1v) is 10.9. The van der Waals surface area contributed by atoms with E-state index in [0.29, 0.717) is 41.9 Å². The molecule has 31 heavy (non-hydrogen) atoms. The van der Waals surface area contributed by atoms with Crippen LogP contribution in [0.1, 0.15) is 12.6 Å². The summed E-state index contributed by atoms with van der Waals surface area (Å²) in [4.78, 5) is 24.0. The van der Waals surface area contributed by atoms with E-state index in [1.807, 2.05) is 16.8 Å². The zero-order valence-electron chi connectivity index (χ0n) is 16.9. The number of hydrogen-bond donors (Lipinski definition) is 1. The van der Waals surface area contributed by atoms with Gasteiger partial charge in [-0.1, -0.05) is 0 Å². The number of aromatic nitrogens is 2. The molecule has 1 N–H and O–H groups in total. The van der Waals surface area contributed by atoms with E-state index in [1.54, 1.807) is 6.20 Å².